The van der Waals surface area contributed by atoms with Crippen molar-refractivity contribution < 1.29 is 22.7 Å². The number of allylic oxidation sites excluding steroid dienone is 2. The van der Waals surface area contributed by atoms with Gasteiger partial charge in [0.05, 0.1) is 16.8 Å². The summed E-state index contributed by atoms with van der Waals surface area (Å²) in [7, 11) is -3.71. The normalized spacial score (nSPS) is 26.6. The van der Waals surface area contributed by atoms with Crippen molar-refractivity contribution in [1.82, 2.24) is 4.72 Å². The Morgan fingerprint density at radius 1 is 1.31 bits per heavy atom. The number of sulfonamides is 1. The fourth-order valence-corrected chi connectivity index (χ4v) is 7.16. The van der Waals surface area contributed by atoms with Gasteiger partial charge >= 0.3 is 0 Å². The molecule has 1 heterocycles. The first-order valence-electron chi connectivity index (χ1n) is 12.4. The maximum absolute atomic E-state index is 12.9. The number of nitrogens with two attached hydrogens (primary N) is 1. The van der Waals surface area contributed by atoms with Gasteiger partial charge in [-0.25, -0.2) is 13.1 Å². The summed E-state index contributed by atoms with van der Waals surface area (Å²) in [5, 5.41) is 0.842. The van der Waals surface area contributed by atoms with E-state index in [0.29, 0.717) is 35.2 Å². The third-order valence-electron chi connectivity index (χ3n) is 7.41. The van der Waals surface area contributed by atoms with Crippen LogP contribution in [0.15, 0.2) is 35.9 Å². The predicted molar refractivity (Wildman–Crippen MR) is 142 cm³/mol. The lowest BCUT2D eigenvalue weighted by Crippen LogP contribution is -2.63. The Labute approximate surface area is 223 Å². The summed E-state index contributed by atoms with van der Waals surface area (Å²) >= 11 is 13.1. The minimum absolute atomic E-state index is 0.133. The number of halogens is 2. The smallest absolute Gasteiger partial charge is 0.217 e. The van der Waals surface area contributed by atoms with Crippen molar-refractivity contribution in [2.45, 2.75) is 81.5 Å². The maximum atomic E-state index is 12.9. The van der Waals surface area contributed by atoms with Crippen LogP contribution >= 0.6 is 23.2 Å². The fraction of sp³-hybridized carbons (Fsp3) is 0.577. The molecule has 0 bridgehead atoms. The van der Waals surface area contributed by atoms with Gasteiger partial charge < -0.3 is 15.2 Å². The number of nitrogens with one attached hydrogen (secondary N) is 1. The van der Waals surface area contributed by atoms with Gasteiger partial charge in [0.1, 0.15) is 17.5 Å². The van der Waals surface area contributed by atoms with E-state index in [0.717, 1.165) is 49.5 Å². The van der Waals surface area contributed by atoms with Crippen LogP contribution < -0.4 is 15.2 Å². The SMILES string of the molecule is CCCCOC1C(CCC(N)=O)=CC=CC1(NS(C)(=O)=O)C1CC2(CCC2)Oc2c(Cl)cc(Cl)cc21. The molecule has 7 nitrogen and oxygen atoms in total. The van der Waals surface area contributed by atoms with Crippen LogP contribution in [0.1, 0.15) is 69.8 Å². The number of hydrogen-bond donors (Lipinski definition) is 2. The number of ether oxygens (including phenoxy) is 2. The number of carbonyl (C=O) groups excluding carboxylic acids is 1. The lowest BCUT2D eigenvalue weighted by molar-refractivity contribution is -0.118. The molecule has 1 saturated carbocycles. The number of fused-ring (bicyclic) bond motifs is 1. The molecule has 1 aromatic rings. The Hall–Kier alpha value is -1.58. The average Bonchev–Trinajstić information content (AvgIpc) is 2.76. The van der Waals surface area contributed by atoms with E-state index < -0.39 is 33.2 Å². The van der Waals surface area contributed by atoms with E-state index >= 15 is 0 Å². The van der Waals surface area contributed by atoms with E-state index in [9.17, 15) is 13.2 Å². The highest BCUT2D eigenvalue weighted by Gasteiger charge is 2.56. The van der Waals surface area contributed by atoms with Crippen molar-refractivity contribution >= 4 is 39.1 Å². The van der Waals surface area contributed by atoms with Gasteiger partial charge in [-0.2, -0.15) is 0 Å². The zero-order valence-electron chi connectivity index (χ0n) is 20.7. The molecule has 0 aromatic heterocycles. The average molecular weight is 558 g/mol. The van der Waals surface area contributed by atoms with Gasteiger partial charge in [-0.15, -0.1) is 0 Å². The van der Waals surface area contributed by atoms with Gasteiger partial charge in [0, 0.05) is 29.5 Å². The summed E-state index contributed by atoms with van der Waals surface area (Å²) in [5.41, 5.74) is 5.40. The molecular formula is C26H34Cl2N2O5S. The molecule has 1 amide bonds. The number of benzene rings is 1. The van der Waals surface area contributed by atoms with Crippen molar-refractivity contribution in [3.05, 3.63) is 51.5 Å². The number of unbranched alkanes of at least 4 members (excludes halogenated alkanes) is 1. The number of amides is 1. The van der Waals surface area contributed by atoms with Gasteiger partial charge in [-0.05, 0) is 56.2 Å². The van der Waals surface area contributed by atoms with Crippen LogP contribution in [0.25, 0.3) is 0 Å². The van der Waals surface area contributed by atoms with E-state index in [2.05, 4.69) is 11.6 Å². The first kappa shape index (κ1) is 27.5. The Balaban J connectivity index is 1.89. The second-order valence-corrected chi connectivity index (χ2v) is 12.8. The van der Waals surface area contributed by atoms with Gasteiger partial charge in [0.2, 0.25) is 15.9 Å². The van der Waals surface area contributed by atoms with E-state index in [1.807, 2.05) is 24.3 Å². The Morgan fingerprint density at radius 3 is 2.67 bits per heavy atom. The summed E-state index contributed by atoms with van der Waals surface area (Å²) in [5.74, 6) is -0.268. The minimum Gasteiger partial charge on any atom is -0.485 e. The van der Waals surface area contributed by atoms with Crippen molar-refractivity contribution in [3.63, 3.8) is 0 Å². The number of hydrogen-bond acceptors (Lipinski definition) is 5. The van der Waals surface area contributed by atoms with Crippen LogP contribution in [0.4, 0.5) is 0 Å². The van der Waals surface area contributed by atoms with E-state index in [4.69, 9.17) is 38.4 Å². The summed E-state index contributed by atoms with van der Waals surface area (Å²) in [6.07, 6.45) is 11.6. The maximum Gasteiger partial charge on any atom is 0.217 e. The van der Waals surface area contributed by atoms with Gasteiger partial charge in [0.25, 0.3) is 0 Å². The van der Waals surface area contributed by atoms with Crippen LogP contribution in [0.5, 0.6) is 5.75 Å². The zero-order chi connectivity index (χ0) is 26.1. The summed E-state index contributed by atoms with van der Waals surface area (Å²) < 4.78 is 41.7. The van der Waals surface area contributed by atoms with Crippen LogP contribution in [-0.4, -0.2) is 44.4 Å². The molecule has 2 aliphatic carbocycles. The van der Waals surface area contributed by atoms with E-state index in [1.54, 1.807) is 6.07 Å². The number of carbonyl (C=O) groups is 1. The van der Waals surface area contributed by atoms with Crippen LogP contribution in [-0.2, 0) is 19.6 Å². The predicted octanol–water partition coefficient (Wildman–Crippen LogP) is 5.02. The second kappa shape index (κ2) is 10.7. The summed E-state index contributed by atoms with van der Waals surface area (Å²) in [6, 6.07) is 3.46. The van der Waals surface area contributed by atoms with Gasteiger partial charge in [-0.3, -0.25) is 4.79 Å². The molecular weight excluding hydrogens is 523 g/mol. The molecule has 4 rings (SSSR count). The molecule has 0 radical (unpaired) electrons. The first-order chi connectivity index (χ1) is 17.0. The first-order valence-corrected chi connectivity index (χ1v) is 15.1. The molecule has 3 N–H and O–H groups in total. The Morgan fingerprint density at radius 2 is 2.06 bits per heavy atom. The lowest BCUT2D eigenvalue weighted by Gasteiger charge is -2.54. The Bertz CT molecular complexity index is 1180. The van der Waals surface area contributed by atoms with Crippen molar-refractivity contribution in [1.29, 1.82) is 0 Å². The standard InChI is InChI=1S/C26H34Cl2N2O5S/c1-3-4-13-34-24-17(8-9-22(29)31)7-5-12-26(24,30-36(2,32)33)20-16-25(10-6-11-25)35-23-19(20)14-18(27)15-21(23)28/h5,7,12,14-15,20,24,30H,3-4,6,8-11,13,16H2,1-2H3,(H2,29,31). The second-order valence-electron chi connectivity index (χ2n) is 10.2. The van der Waals surface area contributed by atoms with E-state index in [-0.39, 0.29) is 12.3 Å². The molecule has 3 atom stereocenters. The van der Waals surface area contributed by atoms with Gasteiger partial charge in [-0.1, -0.05) is 54.8 Å². The molecule has 36 heavy (non-hydrogen) atoms. The highest BCUT2D eigenvalue weighted by Crippen LogP contribution is 2.57. The quantitative estimate of drug-likeness (QED) is 0.393. The molecule has 1 aromatic carbocycles. The fourth-order valence-electron chi connectivity index (χ4n) is 5.65. The summed E-state index contributed by atoms with van der Waals surface area (Å²) in [4.78, 5) is 11.6. The molecule has 1 aliphatic heterocycles. The number of rotatable bonds is 10. The third kappa shape index (κ3) is 5.63. The topological polar surface area (TPSA) is 108 Å². The highest BCUT2D eigenvalue weighted by molar-refractivity contribution is 7.88. The van der Waals surface area contributed by atoms with Crippen molar-refractivity contribution in [2.75, 3.05) is 12.9 Å². The van der Waals surface area contributed by atoms with Crippen LogP contribution in [0.3, 0.4) is 0 Å². The summed E-state index contributed by atoms with van der Waals surface area (Å²) in [6.45, 7) is 2.50. The molecule has 198 valence electrons. The van der Waals surface area contributed by atoms with Crippen molar-refractivity contribution in [3.8, 4) is 5.75 Å². The monoisotopic (exact) mass is 556 g/mol. The van der Waals surface area contributed by atoms with E-state index in [1.165, 1.54) is 0 Å². The molecule has 10 heteroatoms. The number of primary amides is 1. The molecule has 3 aliphatic rings. The molecule has 1 spiro atoms. The zero-order valence-corrected chi connectivity index (χ0v) is 23.0. The highest BCUT2D eigenvalue weighted by atomic mass is 35.5. The van der Waals surface area contributed by atoms with Crippen LogP contribution in [0, 0.1) is 0 Å². The minimum atomic E-state index is -3.71. The van der Waals surface area contributed by atoms with Crippen molar-refractivity contribution in [2.24, 2.45) is 5.73 Å². The van der Waals surface area contributed by atoms with Crippen LogP contribution in [0.2, 0.25) is 10.0 Å². The third-order valence-corrected chi connectivity index (χ3v) is 8.63. The molecule has 3 unspecified atom stereocenters. The Kier molecular flexibility index (Phi) is 8.12. The largest absolute Gasteiger partial charge is 0.485 e. The lowest BCUT2D eigenvalue weighted by atomic mass is 9.62. The van der Waals surface area contributed by atoms with Gasteiger partial charge in [0.15, 0.2) is 0 Å². The molecule has 1 fully saturated rings. The molecule has 0 saturated heterocycles.